The Morgan fingerprint density at radius 1 is 1.20 bits per heavy atom. The molecule has 1 aliphatic heterocycles. The van der Waals surface area contributed by atoms with E-state index >= 15 is 0 Å². The minimum Gasteiger partial charge on any atom is -0.365 e. The number of primary amides is 1. The van der Waals surface area contributed by atoms with Crippen LogP contribution in [0.1, 0.15) is 74.2 Å². The number of carbonyl (C=O) groups excluding carboxylic acids is 2. The summed E-state index contributed by atoms with van der Waals surface area (Å²) in [6.45, 7) is 2.52. The zero-order valence-corrected chi connectivity index (χ0v) is 17.3. The number of amides is 2. The largest absolute Gasteiger partial charge is 0.365 e. The number of likely N-dealkylation sites (tertiary alicyclic amines) is 1. The van der Waals surface area contributed by atoms with Gasteiger partial charge in [0.05, 0.1) is 6.07 Å². The summed E-state index contributed by atoms with van der Waals surface area (Å²) in [4.78, 5) is 26.6. The molecule has 3 N–H and O–H groups in total. The van der Waals surface area contributed by atoms with Crippen LogP contribution < -0.4 is 11.1 Å². The van der Waals surface area contributed by atoms with Crippen molar-refractivity contribution in [2.75, 3.05) is 18.4 Å². The molecular weight excluding hydrogens is 380 g/mol. The van der Waals surface area contributed by atoms with Crippen molar-refractivity contribution < 1.29 is 9.59 Å². The van der Waals surface area contributed by atoms with Gasteiger partial charge in [-0.2, -0.15) is 10.4 Å². The molecule has 0 radical (unpaired) electrons. The Balaban J connectivity index is 1.23. The maximum absolute atomic E-state index is 12.1. The van der Waals surface area contributed by atoms with Gasteiger partial charge in [-0.15, -0.1) is 0 Å². The fraction of sp³-hybridized carbons (Fsp3) is 0.727. The number of nitrogens with two attached hydrogens (primary N) is 1. The molecule has 0 bridgehead atoms. The van der Waals surface area contributed by atoms with Crippen LogP contribution in [0.25, 0.3) is 0 Å². The predicted molar refractivity (Wildman–Crippen MR) is 110 cm³/mol. The van der Waals surface area contributed by atoms with E-state index in [9.17, 15) is 14.9 Å². The number of rotatable bonds is 6. The number of nitriles is 1. The van der Waals surface area contributed by atoms with Gasteiger partial charge in [0.25, 0.3) is 5.91 Å². The van der Waals surface area contributed by atoms with Crippen LogP contribution in [-0.4, -0.2) is 45.6 Å². The molecule has 5 rings (SSSR count). The topological polar surface area (TPSA) is 117 Å². The number of carbonyl (C=O) groups is 2. The van der Waals surface area contributed by atoms with Crippen LogP contribution in [0.5, 0.6) is 0 Å². The summed E-state index contributed by atoms with van der Waals surface area (Å²) in [7, 11) is 0. The Morgan fingerprint density at radius 2 is 1.90 bits per heavy atom. The zero-order valence-electron chi connectivity index (χ0n) is 17.3. The number of nitrogens with one attached hydrogen (secondary N) is 1. The Kier molecular flexibility index (Phi) is 4.81. The van der Waals surface area contributed by atoms with Crippen molar-refractivity contribution in [3.8, 4) is 6.07 Å². The predicted octanol–water partition coefficient (Wildman–Crippen LogP) is 2.44. The molecule has 1 aromatic rings. The van der Waals surface area contributed by atoms with Gasteiger partial charge in [-0.05, 0) is 62.7 Å². The van der Waals surface area contributed by atoms with E-state index in [1.54, 1.807) is 4.68 Å². The van der Waals surface area contributed by atoms with E-state index in [4.69, 9.17) is 5.73 Å². The normalized spacial score (nSPS) is 28.8. The molecule has 4 aliphatic rings. The summed E-state index contributed by atoms with van der Waals surface area (Å²) in [6.07, 6.45) is 11.6. The highest BCUT2D eigenvalue weighted by Crippen LogP contribution is 2.50. The van der Waals surface area contributed by atoms with Crippen molar-refractivity contribution in [2.45, 2.75) is 69.9 Å². The summed E-state index contributed by atoms with van der Waals surface area (Å²) in [5.41, 5.74) is 6.31. The van der Waals surface area contributed by atoms with E-state index in [2.05, 4.69) is 21.4 Å². The van der Waals surface area contributed by atoms with Gasteiger partial charge in [0.1, 0.15) is 11.6 Å². The van der Waals surface area contributed by atoms with Crippen LogP contribution in [0, 0.1) is 28.6 Å². The highest BCUT2D eigenvalue weighted by atomic mass is 16.2. The molecule has 1 aromatic heterocycles. The Morgan fingerprint density at radius 3 is 2.43 bits per heavy atom. The molecule has 1 atom stereocenters. The summed E-state index contributed by atoms with van der Waals surface area (Å²) in [5, 5.41) is 17.0. The number of hydrogen-bond acceptors (Lipinski definition) is 5. The smallest absolute Gasteiger partial charge is 0.254 e. The standard InChI is InChI=1S/C22H30N6O2/c23-10-18(14-4-6-16(7-5-14)27-12-22(13-27)8-1-9-22)28-11-17(19(24)29)20(26-28)25-21(30)15-2-3-15/h11,14-16,18H,1-9,12-13H2,(H2,24,29)(H,25,26,30). The van der Waals surface area contributed by atoms with Gasteiger partial charge in [-0.3, -0.25) is 19.2 Å². The van der Waals surface area contributed by atoms with Crippen LogP contribution in [0.2, 0.25) is 0 Å². The first kappa shape index (κ1) is 19.6. The van der Waals surface area contributed by atoms with Crippen molar-refractivity contribution in [3.63, 3.8) is 0 Å². The molecular formula is C22H30N6O2. The van der Waals surface area contributed by atoms with Gasteiger partial charge < -0.3 is 11.1 Å². The van der Waals surface area contributed by atoms with Gasteiger partial charge in [0, 0.05) is 31.2 Å². The molecule has 3 aliphatic carbocycles. The van der Waals surface area contributed by atoms with Gasteiger partial charge >= 0.3 is 0 Å². The van der Waals surface area contributed by atoms with Crippen molar-refractivity contribution in [1.82, 2.24) is 14.7 Å². The first-order chi connectivity index (χ1) is 14.5. The third-order valence-electron chi connectivity index (χ3n) is 7.80. The van der Waals surface area contributed by atoms with Crippen LogP contribution in [0.4, 0.5) is 5.82 Å². The average molecular weight is 411 g/mol. The maximum Gasteiger partial charge on any atom is 0.254 e. The lowest BCUT2D eigenvalue weighted by Gasteiger charge is -2.59. The molecule has 0 aromatic carbocycles. The zero-order chi connectivity index (χ0) is 20.9. The monoisotopic (exact) mass is 410 g/mol. The van der Waals surface area contributed by atoms with Crippen molar-refractivity contribution >= 4 is 17.6 Å². The third kappa shape index (κ3) is 3.49. The molecule has 2 heterocycles. The SMILES string of the molecule is N#CC(C1CCC(N2CC3(CCC3)C2)CC1)n1cc(C(N)=O)c(NC(=O)C2CC2)n1. The lowest BCUT2D eigenvalue weighted by atomic mass is 9.62. The van der Waals surface area contributed by atoms with Crippen molar-refractivity contribution in [2.24, 2.45) is 23.0 Å². The second-order valence-corrected chi connectivity index (χ2v) is 9.90. The maximum atomic E-state index is 12.1. The highest BCUT2D eigenvalue weighted by molar-refractivity contribution is 6.02. The van der Waals surface area contributed by atoms with Gasteiger partial charge in [-0.1, -0.05) is 6.42 Å². The summed E-state index contributed by atoms with van der Waals surface area (Å²) >= 11 is 0. The second-order valence-electron chi connectivity index (χ2n) is 9.90. The fourth-order valence-corrected chi connectivity index (χ4v) is 5.60. The molecule has 3 saturated carbocycles. The van der Waals surface area contributed by atoms with E-state index in [-0.39, 0.29) is 29.1 Å². The summed E-state index contributed by atoms with van der Waals surface area (Å²) in [6, 6.07) is 2.57. The van der Waals surface area contributed by atoms with Crippen LogP contribution in [0.15, 0.2) is 6.20 Å². The number of anilines is 1. The first-order valence-corrected chi connectivity index (χ1v) is 11.3. The van der Waals surface area contributed by atoms with Crippen LogP contribution in [-0.2, 0) is 4.79 Å². The molecule has 1 saturated heterocycles. The van der Waals surface area contributed by atoms with Crippen molar-refractivity contribution in [1.29, 1.82) is 5.26 Å². The molecule has 4 fully saturated rings. The molecule has 30 heavy (non-hydrogen) atoms. The quantitative estimate of drug-likeness (QED) is 0.747. The molecule has 8 heteroatoms. The molecule has 1 spiro atoms. The van der Waals surface area contributed by atoms with Crippen LogP contribution in [0.3, 0.4) is 0 Å². The van der Waals surface area contributed by atoms with Gasteiger partial charge in [0.2, 0.25) is 5.91 Å². The van der Waals surface area contributed by atoms with E-state index in [0.717, 1.165) is 38.5 Å². The summed E-state index contributed by atoms with van der Waals surface area (Å²) < 4.78 is 1.54. The van der Waals surface area contributed by atoms with E-state index in [0.29, 0.717) is 11.5 Å². The molecule has 160 valence electrons. The van der Waals surface area contributed by atoms with E-state index in [1.807, 2.05) is 0 Å². The minimum absolute atomic E-state index is 0.00139. The Hall–Kier alpha value is -2.40. The number of hydrogen-bond donors (Lipinski definition) is 2. The lowest BCUT2D eigenvalue weighted by Crippen LogP contribution is -2.63. The lowest BCUT2D eigenvalue weighted by molar-refractivity contribution is -0.117. The number of nitrogens with zero attached hydrogens (tertiary/aromatic N) is 4. The van der Waals surface area contributed by atoms with E-state index in [1.165, 1.54) is 38.5 Å². The fourth-order valence-electron chi connectivity index (χ4n) is 5.60. The first-order valence-electron chi connectivity index (χ1n) is 11.3. The Bertz CT molecular complexity index is 878. The van der Waals surface area contributed by atoms with E-state index < -0.39 is 11.9 Å². The molecule has 8 nitrogen and oxygen atoms in total. The average Bonchev–Trinajstić information content (AvgIpc) is 3.43. The minimum atomic E-state index is -0.643. The molecule has 1 unspecified atom stereocenters. The summed E-state index contributed by atoms with van der Waals surface area (Å²) in [5.74, 6) is -0.401. The van der Waals surface area contributed by atoms with Crippen LogP contribution >= 0.6 is 0 Å². The van der Waals surface area contributed by atoms with Gasteiger partial charge in [0.15, 0.2) is 5.82 Å². The van der Waals surface area contributed by atoms with Gasteiger partial charge in [-0.25, -0.2) is 0 Å². The highest BCUT2D eigenvalue weighted by Gasteiger charge is 2.49. The number of aromatic nitrogens is 2. The molecule has 2 amide bonds. The second kappa shape index (κ2) is 7.38. The van der Waals surface area contributed by atoms with Crippen molar-refractivity contribution in [3.05, 3.63) is 11.8 Å². The Labute approximate surface area is 176 Å². The third-order valence-corrected chi connectivity index (χ3v) is 7.80.